The number of halogens is 2. The van der Waals surface area contributed by atoms with Gasteiger partial charge in [0.25, 0.3) is 0 Å². The molecule has 2 atom stereocenters. The average molecular weight is 251 g/mol. The molecule has 0 aromatic heterocycles. The van der Waals surface area contributed by atoms with Crippen LogP contribution in [0.4, 0.5) is 13.6 Å². The third kappa shape index (κ3) is 4.85. The Hall–Kier alpha value is -0.910. The highest BCUT2D eigenvalue weighted by Crippen LogP contribution is 2.33. The van der Waals surface area contributed by atoms with Crippen molar-refractivity contribution in [1.29, 1.82) is 0 Å². The Balaban J connectivity index is 2.52. The maximum atomic E-state index is 13.1. The Morgan fingerprint density at radius 3 is 2.59 bits per heavy atom. The molecule has 4 nitrogen and oxygen atoms in total. The third-order valence-corrected chi connectivity index (χ3v) is 2.49. The molecule has 0 aromatic rings. The number of aliphatic hydroxyl groups excluding tert-OH is 1. The molecule has 1 saturated carbocycles. The minimum atomic E-state index is -2.83. The van der Waals surface area contributed by atoms with Gasteiger partial charge in [0.2, 0.25) is 5.92 Å². The lowest BCUT2D eigenvalue weighted by Crippen LogP contribution is -2.51. The van der Waals surface area contributed by atoms with Gasteiger partial charge in [-0.1, -0.05) is 0 Å². The molecule has 1 amide bonds. The van der Waals surface area contributed by atoms with E-state index in [4.69, 9.17) is 4.74 Å². The van der Waals surface area contributed by atoms with Crippen LogP contribution in [0.3, 0.4) is 0 Å². The summed E-state index contributed by atoms with van der Waals surface area (Å²) in [6.45, 7) is 5.04. The molecule has 0 bridgehead atoms. The fourth-order valence-electron chi connectivity index (χ4n) is 1.73. The average Bonchev–Trinajstić information content (AvgIpc) is 2.07. The number of ether oxygens (including phenoxy) is 1. The van der Waals surface area contributed by atoms with Crippen LogP contribution in [0.5, 0.6) is 0 Å². The lowest BCUT2D eigenvalue weighted by atomic mass is 9.89. The smallest absolute Gasteiger partial charge is 0.407 e. The fraction of sp³-hybridized carbons (Fsp3) is 0.909. The van der Waals surface area contributed by atoms with Gasteiger partial charge in [-0.3, -0.25) is 0 Å². The molecule has 6 heteroatoms. The van der Waals surface area contributed by atoms with E-state index in [1.54, 1.807) is 20.8 Å². The summed E-state index contributed by atoms with van der Waals surface area (Å²) in [5.41, 5.74) is -0.688. The van der Waals surface area contributed by atoms with Crippen molar-refractivity contribution < 1.29 is 23.4 Å². The van der Waals surface area contributed by atoms with Crippen LogP contribution in [0.15, 0.2) is 0 Å². The largest absolute Gasteiger partial charge is 0.444 e. The van der Waals surface area contributed by atoms with Crippen LogP contribution in [0, 0.1) is 0 Å². The Morgan fingerprint density at radius 1 is 1.47 bits per heavy atom. The van der Waals surface area contributed by atoms with Crippen molar-refractivity contribution in [3.05, 3.63) is 0 Å². The molecular formula is C11H19F2NO3. The van der Waals surface area contributed by atoms with E-state index >= 15 is 0 Å². The van der Waals surface area contributed by atoms with E-state index in [0.29, 0.717) is 0 Å². The molecule has 2 N–H and O–H groups in total. The van der Waals surface area contributed by atoms with Gasteiger partial charge >= 0.3 is 6.09 Å². The highest BCUT2D eigenvalue weighted by molar-refractivity contribution is 5.68. The predicted octanol–water partition coefficient (Wildman–Crippen LogP) is 2.06. The number of alkyl halides is 2. The Bertz CT molecular complexity index is 289. The first-order valence-corrected chi connectivity index (χ1v) is 5.64. The number of hydrogen-bond acceptors (Lipinski definition) is 3. The van der Waals surface area contributed by atoms with Crippen molar-refractivity contribution in [3.63, 3.8) is 0 Å². The zero-order valence-corrected chi connectivity index (χ0v) is 10.3. The van der Waals surface area contributed by atoms with E-state index < -0.39 is 36.2 Å². The van der Waals surface area contributed by atoms with Gasteiger partial charge in [-0.25, -0.2) is 13.6 Å². The standard InChI is InChI=1S/C11H19F2NO3/c1-10(2,3)17-9(16)14-7-6-11(12,13)5-4-8(7)15/h7-8,15H,4-6H2,1-3H3,(H,14,16)/t7-,8-/m0/s1. The molecule has 100 valence electrons. The van der Waals surface area contributed by atoms with Gasteiger partial charge in [0.05, 0.1) is 12.1 Å². The molecule has 0 radical (unpaired) electrons. The van der Waals surface area contributed by atoms with Crippen molar-refractivity contribution >= 4 is 6.09 Å². The molecular weight excluding hydrogens is 232 g/mol. The zero-order chi connectivity index (χ0) is 13.3. The number of nitrogens with one attached hydrogen (secondary N) is 1. The van der Waals surface area contributed by atoms with Gasteiger partial charge in [0.1, 0.15) is 5.60 Å². The molecule has 0 heterocycles. The number of hydrogen-bond donors (Lipinski definition) is 2. The summed E-state index contributed by atoms with van der Waals surface area (Å²) >= 11 is 0. The van der Waals surface area contributed by atoms with E-state index in [0.717, 1.165) is 0 Å². The van der Waals surface area contributed by atoms with Crippen LogP contribution in [0.25, 0.3) is 0 Å². The van der Waals surface area contributed by atoms with Gasteiger partial charge in [0.15, 0.2) is 0 Å². The third-order valence-electron chi connectivity index (χ3n) is 2.49. The quantitative estimate of drug-likeness (QED) is 0.750. The number of carbonyl (C=O) groups is 1. The zero-order valence-electron chi connectivity index (χ0n) is 10.3. The molecule has 1 aliphatic rings. The first kappa shape index (κ1) is 14.2. The molecule has 1 fully saturated rings. The summed E-state index contributed by atoms with van der Waals surface area (Å²) in [6, 6.07) is -0.950. The SMILES string of the molecule is CC(C)(C)OC(=O)N[C@H]1CC(F)(F)CC[C@@H]1O. The topological polar surface area (TPSA) is 58.6 Å². The number of carbonyl (C=O) groups excluding carboxylic acids is 1. The maximum Gasteiger partial charge on any atom is 0.407 e. The second kappa shape index (κ2) is 4.76. The van der Waals surface area contributed by atoms with E-state index in [2.05, 4.69) is 5.32 Å². The summed E-state index contributed by atoms with van der Waals surface area (Å²) in [6.07, 6.45) is -2.64. The van der Waals surface area contributed by atoms with Crippen LogP contribution >= 0.6 is 0 Å². The van der Waals surface area contributed by atoms with E-state index in [-0.39, 0.29) is 12.8 Å². The molecule has 0 aromatic carbocycles. The van der Waals surface area contributed by atoms with Gasteiger partial charge in [-0.15, -0.1) is 0 Å². The van der Waals surface area contributed by atoms with Gasteiger partial charge < -0.3 is 15.2 Å². The van der Waals surface area contributed by atoms with E-state index in [1.807, 2.05) is 0 Å². The first-order valence-electron chi connectivity index (χ1n) is 5.64. The summed E-state index contributed by atoms with van der Waals surface area (Å²) in [5, 5.41) is 11.8. The van der Waals surface area contributed by atoms with Gasteiger partial charge in [-0.2, -0.15) is 0 Å². The van der Waals surface area contributed by atoms with Gasteiger partial charge in [0, 0.05) is 12.8 Å². The molecule has 0 saturated heterocycles. The second-order valence-corrected chi connectivity index (χ2v) is 5.42. The maximum absolute atomic E-state index is 13.1. The lowest BCUT2D eigenvalue weighted by molar-refractivity contribution is -0.0787. The molecule has 17 heavy (non-hydrogen) atoms. The normalized spacial score (nSPS) is 28.6. The molecule has 1 rings (SSSR count). The van der Waals surface area contributed by atoms with Crippen LogP contribution in [0.1, 0.15) is 40.0 Å². The number of amides is 1. The molecule has 0 aliphatic heterocycles. The Morgan fingerprint density at radius 2 is 2.06 bits per heavy atom. The number of alkyl carbamates (subject to hydrolysis) is 1. The van der Waals surface area contributed by atoms with Crippen molar-refractivity contribution in [2.75, 3.05) is 0 Å². The minimum absolute atomic E-state index is 0.0204. The highest BCUT2D eigenvalue weighted by atomic mass is 19.3. The highest BCUT2D eigenvalue weighted by Gasteiger charge is 2.41. The Labute approximate surface area is 99.3 Å². The van der Waals surface area contributed by atoms with E-state index in [9.17, 15) is 18.7 Å². The summed E-state index contributed by atoms with van der Waals surface area (Å²) in [5.74, 6) is -2.83. The molecule has 0 spiro atoms. The summed E-state index contributed by atoms with van der Waals surface area (Å²) in [4.78, 5) is 11.4. The van der Waals surface area contributed by atoms with Crippen LogP contribution < -0.4 is 5.32 Å². The minimum Gasteiger partial charge on any atom is -0.444 e. The first-order chi connectivity index (χ1) is 7.59. The van der Waals surface area contributed by atoms with Crippen molar-refractivity contribution in [3.8, 4) is 0 Å². The van der Waals surface area contributed by atoms with E-state index in [1.165, 1.54) is 0 Å². The fourth-order valence-corrected chi connectivity index (χ4v) is 1.73. The van der Waals surface area contributed by atoms with Crippen LogP contribution in [-0.2, 0) is 4.74 Å². The van der Waals surface area contributed by atoms with Crippen LogP contribution in [0.2, 0.25) is 0 Å². The lowest BCUT2D eigenvalue weighted by Gasteiger charge is -2.33. The van der Waals surface area contributed by atoms with Crippen molar-refractivity contribution in [2.45, 2.75) is 63.7 Å². The Kier molecular flexibility index (Phi) is 3.96. The molecule has 1 aliphatic carbocycles. The number of rotatable bonds is 1. The number of aliphatic hydroxyl groups is 1. The van der Waals surface area contributed by atoms with Crippen LogP contribution in [-0.4, -0.2) is 34.9 Å². The summed E-state index contributed by atoms with van der Waals surface area (Å²) in [7, 11) is 0. The van der Waals surface area contributed by atoms with Crippen molar-refractivity contribution in [1.82, 2.24) is 5.32 Å². The second-order valence-electron chi connectivity index (χ2n) is 5.42. The predicted molar refractivity (Wildman–Crippen MR) is 58.0 cm³/mol. The van der Waals surface area contributed by atoms with Gasteiger partial charge in [-0.05, 0) is 27.2 Å². The monoisotopic (exact) mass is 251 g/mol. The summed E-state index contributed by atoms with van der Waals surface area (Å²) < 4.78 is 31.2. The molecule has 0 unspecified atom stereocenters. The van der Waals surface area contributed by atoms with Crippen molar-refractivity contribution in [2.24, 2.45) is 0 Å².